The second kappa shape index (κ2) is 5.20. The zero-order chi connectivity index (χ0) is 12.3. The van der Waals surface area contributed by atoms with Crippen molar-refractivity contribution in [2.24, 2.45) is 0 Å². The summed E-state index contributed by atoms with van der Waals surface area (Å²) in [5.41, 5.74) is 4.06. The molecular formula is C11H15N3O2S. The van der Waals surface area contributed by atoms with Gasteiger partial charge in [0.15, 0.2) is 16.6 Å². The van der Waals surface area contributed by atoms with Crippen LogP contribution in [0, 0.1) is 0 Å². The third-order valence-electron chi connectivity index (χ3n) is 2.22. The molecule has 0 radical (unpaired) electrons. The number of ether oxygens (including phenoxy) is 2. The van der Waals surface area contributed by atoms with Gasteiger partial charge in [-0.2, -0.15) is 0 Å². The number of hydrogen-bond donors (Lipinski definition) is 2. The van der Waals surface area contributed by atoms with Crippen molar-refractivity contribution in [3.05, 3.63) is 23.8 Å². The first kappa shape index (κ1) is 11.9. The van der Waals surface area contributed by atoms with Crippen LogP contribution in [0.4, 0.5) is 0 Å². The number of nitrogens with one attached hydrogen (secondary N) is 2. The molecule has 0 aromatic heterocycles. The summed E-state index contributed by atoms with van der Waals surface area (Å²) in [6.45, 7) is 0.948. The summed E-state index contributed by atoms with van der Waals surface area (Å²) in [7, 11) is 3.77. The van der Waals surface area contributed by atoms with Crippen molar-refractivity contribution in [2.45, 2.75) is 6.54 Å². The molecule has 0 atom stereocenters. The molecule has 1 aromatic carbocycles. The molecule has 1 heterocycles. The number of nitrogens with zero attached hydrogens (tertiary/aromatic N) is 1. The van der Waals surface area contributed by atoms with E-state index in [-0.39, 0.29) is 0 Å². The first-order chi connectivity index (χ1) is 8.15. The molecule has 0 unspecified atom stereocenters. The van der Waals surface area contributed by atoms with Gasteiger partial charge in [-0.15, -0.1) is 0 Å². The van der Waals surface area contributed by atoms with Gasteiger partial charge in [-0.25, -0.2) is 5.01 Å². The van der Waals surface area contributed by atoms with Crippen molar-refractivity contribution in [2.75, 3.05) is 20.9 Å². The van der Waals surface area contributed by atoms with Crippen LogP contribution < -0.4 is 20.2 Å². The van der Waals surface area contributed by atoms with Crippen molar-refractivity contribution in [1.29, 1.82) is 0 Å². The van der Waals surface area contributed by atoms with E-state index in [2.05, 4.69) is 10.7 Å². The Hall–Kier alpha value is -1.53. The first-order valence-electron chi connectivity index (χ1n) is 5.25. The molecule has 0 bridgehead atoms. The molecule has 0 saturated carbocycles. The molecule has 6 heteroatoms. The fourth-order valence-corrected chi connectivity index (χ4v) is 1.73. The summed E-state index contributed by atoms with van der Waals surface area (Å²) in [5, 5.41) is 5.48. The zero-order valence-corrected chi connectivity index (χ0v) is 10.6. The summed E-state index contributed by atoms with van der Waals surface area (Å²) in [5.74, 6) is 1.58. The Balaban J connectivity index is 1.89. The average molecular weight is 253 g/mol. The lowest BCUT2D eigenvalue weighted by molar-refractivity contribution is 0.174. The van der Waals surface area contributed by atoms with Gasteiger partial charge in [-0.1, -0.05) is 6.07 Å². The van der Waals surface area contributed by atoms with Gasteiger partial charge in [-0.05, 0) is 29.9 Å². The highest BCUT2D eigenvalue weighted by Gasteiger charge is 2.12. The molecule has 2 N–H and O–H groups in total. The van der Waals surface area contributed by atoms with Gasteiger partial charge in [0.25, 0.3) is 0 Å². The summed E-state index contributed by atoms with van der Waals surface area (Å²) in [6.07, 6.45) is 0. The Kier molecular flexibility index (Phi) is 3.65. The summed E-state index contributed by atoms with van der Waals surface area (Å²) in [6, 6.07) is 5.84. The Bertz CT molecular complexity index is 423. The molecule has 0 spiro atoms. The fourth-order valence-electron chi connectivity index (χ4n) is 1.48. The highest BCUT2D eigenvalue weighted by atomic mass is 32.1. The smallest absolute Gasteiger partial charge is 0.231 e. The van der Waals surface area contributed by atoms with Gasteiger partial charge >= 0.3 is 0 Å². The van der Waals surface area contributed by atoms with Gasteiger partial charge < -0.3 is 14.8 Å². The maximum atomic E-state index is 5.30. The van der Waals surface area contributed by atoms with Crippen molar-refractivity contribution < 1.29 is 9.47 Å². The molecule has 5 nitrogen and oxygen atoms in total. The third kappa shape index (κ3) is 3.21. The number of benzene rings is 1. The zero-order valence-electron chi connectivity index (χ0n) is 9.82. The van der Waals surface area contributed by atoms with Gasteiger partial charge in [0.05, 0.1) is 0 Å². The third-order valence-corrected chi connectivity index (χ3v) is 2.45. The van der Waals surface area contributed by atoms with E-state index in [4.69, 9.17) is 21.7 Å². The van der Waals surface area contributed by atoms with Crippen LogP contribution in [0.1, 0.15) is 5.56 Å². The van der Waals surface area contributed by atoms with E-state index >= 15 is 0 Å². The predicted octanol–water partition coefficient (Wildman–Crippen LogP) is 0.856. The van der Waals surface area contributed by atoms with E-state index < -0.39 is 0 Å². The van der Waals surface area contributed by atoms with Crippen LogP contribution >= 0.6 is 12.2 Å². The summed E-state index contributed by atoms with van der Waals surface area (Å²) >= 11 is 5.11. The highest BCUT2D eigenvalue weighted by Crippen LogP contribution is 2.32. The number of hydrogen-bond acceptors (Lipinski definition) is 4. The lowest BCUT2D eigenvalue weighted by atomic mass is 10.2. The lowest BCUT2D eigenvalue weighted by Crippen LogP contribution is -2.42. The number of thiocarbonyl (C=S) groups is 1. The van der Waals surface area contributed by atoms with Gasteiger partial charge in [0, 0.05) is 20.6 Å². The van der Waals surface area contributed by atoms with Crippen LogP contribution in [0.3, 0.4) is 0 Å². The molecule has 1 aliphatic heterocycles. The molecule has 0 amide bonds. The van der Waals surface area contributed by atoms with Crippen LogP contribution in [-0.4, -0.2) is 31.0 Å². The van der Waals surface area contributed by atoms with Crippen molar-refractivity contribution >= 4 is 17.3 Å². The predicted molar refractivity (Wildman–Crippen MR) is 68.8 cm³/mol. The van der Waals surface area contributed by atoms with Crippen molar-refractivity contribution in [3.8, 4) is 11.5 Å². The van der Waals surface area contributed by atoms with Crippen LogP contribution in [0.25, 0.3) is 0 Å². The fraction of sp³-hybridized carbons (Fsp3) is 0.364. The van der Waals surface area contributed by atoms with Crippen molar-refractivity contribution in [1.82, 2.24) is 15.8 Å². The Morgan fingerprint density at radius 1 is 1.35 bits per heavy atom. The molecule has 92 valence electrons. The maximum Gasteiger partial charge on any atom is 0.231 e. The Labute approximate surface area is 106 Å². The van der Waals surface area contributed by atoms with Crippen LogP contribution in [-0.2, 0) is 6.54 Å². The second-order valence-corrected chi connectivity index (χ2v) is 4.28. The maximum absolute atomic E-state index is 5.30. The lowest BCUT2D eigenvalue weighted by Gasteiger charge is -2.15. The molecule has 1 aliphatic rings. The molecular weight excluding hydrogens is 238 g/mol. The monoisotopic (exact) mass is 253 g/mol. The Morgan fingerprint density at radius 2 is 2.12 bits per heavy atom. The second-order valence-electron chi connectivity index (χ2n) is 3.88. The quantitative estimate of drug-likeness (QED) is 0.615. The topological polar surface area (TPSA) is 45.8 Å². The Morgan fingerprint density at radius 3 is 2.88 bits per heavy atom. The minimum absolute atomic E-state index is 0.298. The number of hydrazine groups is 1. The van der Waals surface area contributed by atoms with Gasteiger partial charge in [0.1, 0.15) is 0 Å². The van der Waals surface area contributed by atoms with Crippen LogP contribution in [0.5, 0.6) is 11.5 Å². The molecule has 17 heavy (non-hydrogen) atoms. The van der Waals surface area contributed by atoms with E-state index in [0.29, 0.717) is 18.5 Å². The summed E-state index contributed by atoms with van der Waals surface area (Å²) < 4.78 is 10.5. The van der Waals surface area contributed by atoms with Gasteiger partial charge in [-0.3, -0.25) is 5.43 Å². The number of fused-ring (bicyclic) bond motifs is 1. The minimum Gasteiger partial charge on any atom is -0.454 e. The van der Waals surface area contributed by atoms with Crippen LogP contribution in [0.15, 0.2) is 18.2 Å². The largest absolute Gasteiger partial charge is 0.454 e. The first-order valence-corrected chi connectivity index (χ1v) is 5.66. The molecule has 2 rings (SSSR count). The van der Waals surface area contributed by atoms with Crippen molar-refractivity contribution in [3.63, 3.8) is 0 Å². The molecule has 0 fully saturated rings. The average Bonchev–Trinajstić information content (AvgIpc) is 2.72. The van der Waals surface area contributed by atoms with Crippen LogP contribution in [0.2, 0.25) is 0 Å². The normalized spacial score (nSPS) is 12.6. The molecule has 0 aliphatic carbocycles. The molecule has 0 saturated heterocycles. The standard InChI is InChI=1S/C11H15N3O2S/c1-14(2)13-11(17)12-6-8-3-4-9-10(5-8)16-7-15-9/h3-5H,6-7H2,1-2H3,(H2,12,13,17). The van der Waals surface area contributed by atoms with E-state index in [1.807, 2.05) is 32.3 Å². The van der Waals surface area contributed by atoms with Gasteiger partial charge in [0.2, 0.25) is 6.79 Å². The van der Waals surface area contributed by atoms with E-state index in [9.17, 15) is 0 Å². The summed E-state index contributed by atoms with van der Waals surface area (Å²) in [4.78, 5) is 0. The number of rotatable bonds is 3. The molecule has 1 aromatic rings. The van der Waals surface area contributed by atoms with E-state index in [1.165, 1.54) is 0 Å². The SMILES string of the molecule is CN(C)NC(=S)NCc1ccc2c(c1)OCO2. The highest BCUT2D eigenvalue weighted by molar-refractivity contribution is 7.80. The minimum atomic E-state index is 0.298. The van der Waals surface area contributed by atoms with E-state index in [1.54, 1.807) is 5.01 Å². The van der Waals surface area contributed by atoms with E-state index in [0.717, 1.165) is 17.1 Å².